The highest BCUT2D eigenvalue weighted by Crippen LogP contribution is 2.19. The number of amidine groups is 1. The van der Waals surface area contributed by atoms with Gasteiger partial charge in [0.2, 0.25) is 11.8 Å². The van der Waals surface area contributed by atoms with Crippen LogP contribution in [-0.4, -0.2) is 39.8 Å². The summed E-state index contributed by atoms with van der Waals surface area (Å²) in [6.07, 6.45) is 2.30. The highest BCUT2D eigenvalue weighted by Gasteiger charge is 2.14. The van der Waals surface area contributed by atoms with Gasteiger partial charge in [0.15, 0.2) is 0 Å². The number of rotatable bonds is 3. The van der Waals surface area contributed by atoms with E-state index in [0.29, 0.717) is 29.7 Å². The molecule has 0 spiro atoms. The number of nitrogens with one attached hydrogen (secondary N) is 2. The maximum absolute atomic E-state index is 12.1. The Morgan fingerprint density at radius 2 is 2.08 bits per heavy atom. The lowest BCUT2D eigenvalue weighted by Gasteiger charge is -2.14. The smallest absolute Gasteiger partial charge is 0.233 e. The number of aliphatic imine (C=N–C) groups is 2. The summed E-state index contributed by atoms with van der Waals surface area (Å²) in [7, 11) is -2.27. The molecule has 2 N–H and O–H groups in total. The van der Waals surface area contributed by atoms with Crippen molar-refractivity contribution in [2.45, 2.75) is 25.2 Å². The molecule has 0 fully saturated rings. The van der Waals surface area contributed by atoms with Crippen LogP contribution in [0.2, 0.25) is 0 Å². The fraction of sp³-hybridized carbons (Fsp3) is 0.294. The van der Waals surface area contributed by atoms with Gasteiger partial charge in [-0.05, 0) is 47.4 Å². The second-order valence-electron chi connectivity index (χ2n) is 6.02. The molecule has 1 aromatic heterocycles. The summed E-state index contributed by atoms with van der Waals surface area (Å²) in [5, 5.41) is 10.2. The van der Waals surface area contributed by atoms with Crippen LogP contribution >= 0.6 is 0 Å². The van der Waals surface area contributed by atoms with Crippen molar-refractivity contribution < 1.29 is 8.73 Å². The zero-order valence-electron chi connectivity index (χ0n) is 14.5. The van der Waals surface area contributed by atoms with Crippen LogP contribution in [0.25, 0.3) is 0 Å². The summed E-state index contributed by atoms with van der Waals surface area (Å²) in [6, 6.07) is 7.31. The predicted molar refractivity (Wildman–Crippen MR) is 103 cm³/mol. The van der Waals surface area contributed by atoms with Crippen LogP contribution in [0.1, 0.15) is 17.7 Å². The number of benzene rings is 1. The van der Waals surface area contributed by atoms with Crippen molar-refractivity contribution in [2.75, 3.05) is 23.4 Å². The molecule has 25 heavy (non-hydrogen) atoms. The highest BCUT2D eigenvalue weighted by atomic mass is 32.2. The van der Waals surface area contributed by atoms with Crippen molar-refractivity contribution in [3.8, 4) is 0 Å². The normalized spacial score (nSPS) is 16.6. The molecule has 0 saturated heterocycles. The molecule has 0 amide bonds. The number of aromatic nitrogens is 1. The van der Waals surface area contributed by atoms with E-state index in [1.165, 1.54) is 0 Å². The van der Waals surface area contributed by atoms with Crippen molar-refractivity contribution in [1.82, 2.24) is 5.16 Å². The second-order valence-corrected chi connectivity index (χ2v) is 8.50. The van der Waals surface area contributed by atoms with Gasteiger partial charge in [-0.15, -0.1) is 0 Å². The highest BCUT2D eigenvalue weighted by molar-refractivity contribution is 7.99. The summed E-state index contributed by atoms with van der Waals surface area (Å²) < 4.78 is 17.4. The number of aryl methyl sites for hydroxylation is 1. The fourth-order valence-electron chi connectivity index (χ4n) is 2.28. The summed E-state index contributed by atoms with van der Waals surface area (Å²) in [4.78, 5) is 9.55. The van der Waals surface area contributed by atoms with Crippen LogP contribution in [-0.2, 0) is 9.52 Å². The van der Waals surface area contributed by atoms with Gasteiger partial charge in [0.1, 0.15) is 5.84 Å². The molecular formula is C17H21N5O2S. The average molecular weight is 359 g/mol. The fourth-order valence-corrected chi connectivity index (χ4v) is 3.02. The molecule has 0 aliphatic carbocycles. The molecule has 2 heterocycles. The van der Waals surface area contributed by atoms with Crippen LogP contribution in [0.4, 0.5) is 11.6 Å². The monoisotopic (exact) mass is 359 g/mol. The Balaban J connectivity index is 1.76. The minimum atomic E-state index is -2.27. The lowest BCUT2D eigenvalue weighted by Crippen LogP contribution is -2.23. The van der Waals surface area contributed by atoms with E-state index in [9.17, 15) is 4.21 Å². The zero-order chi connectivity index (χ0) is 18.0. The first-order valence-electron chi connectivity index (χ1n) is 7.84. The number of hydrogen-bond acceptors (Lipinski definition) is 7. The van der Waals surface area contributed by atoms with Gasteiger partial charge in [-0.1, -0.05) is 11.2 Å². The summed E-state index contributed by atoms with van der Waals surface area (Å²) in [5.41, 5.74) is 2.57. The molecule has 0 radical (unpaired) electrons. The van der Waals surface area contributed by atoms with Gasteiger partial charge in [0, 0.05) is 35.4 Å². The molecule has 1 aliphatic heterocycles. The second kappa shape index (κ2) is 6.72. The van der Waals surface area contributed by atoms with Gasteiger partial charge < -0.3 is 15.2 Å². The Morgan fingerprint density at radius 1 is 1.28 bits per heavy atom. The maximum atomic E-state index is 12.1. The van der Waals surface area contributed by atoms with Crippen molar-refractivity contribution in [3.63, 3.8) is 0 Å². The zero-order valence-corrected chi connectivity index (χ0v) is 15.3. The van der Waals surface area contributed by atoms with Crippen molar-refractivity contribution in [3.05, 3.63) is 35.5 Å². The first kappa shape index (κ1) is 17.2. The van der Waals surface area contributed by atoms with E-state index in [1.54, 1.807) is 18.4 Å². The minimum Gasteiger partial charge on any atom is -0.338 e. The standard InChI is InChI=1S/C17H21N5O2S/c1-11-12(2)22-24-16(11)20-15-8-9-18-17(21-15)19-13-6-5-7-14(10-13)25(3,4)23/h5-7,10H,3,8-9H2,1-2,4H3,(H2,18,19,20,21). The molecule has 1 atom stereocenters. The van der Waals surface area contributed by atoms with Crippen LogP contribution in [0.15, 0.2) is 43.7 Å². The van der Waals surface area contributed by atoms with Gasteiger partial charge in [0.25, 0.3) is 0 Å². The molecule has 0 saturated carbocycles. The molecule has 3 rings (SSSR count). The Kier molecular flexibility index (Phi) is 4.63. The lowest BCUT2D eigenvalue weighted by atomic mass is 10.2. The van der Waals surface area contributed by atoms with Crippen molar-refractivity contribution in [2.24, 2.45) is 9.98 Å². The molecule has 8 heteroatoms. The van der Waals surface area contributed by atoms with Crippen LogP contribution in [0.5, 0.6) is 0 Å². The third kappa shape index (κ3) is 4.08. The van der Waals surface area contributed by atoms with Crippen LogP contribution < -0.4 is 10.6 Å². The molecule has 2 aromatic rings. The first-order chi connectivity index (χ1) is 11.8. The van der Waals surface area contributed by atoms with E-state index in [0.717, 1.165) is 22.8 Å². The summed E-state index contributed by atoms with van der Waals surface area (Å²) >= 11 is 0. The van der Waals surface area contributed by atoms with Crippen molar-refractivity contribution >= 4 is 38.8 Å². The number of anilines is 2. The van der Waals surface area contributed by atoms with Gasteiger partial charge in [-0.2, -0.15) is 4.99 Å². The van der Waals surface area contributed by atoms with Gasteiger partial charge in [-0.3, -0.25) is 9.20 Å². The predicted octanol–water partition coefficient (Wildman–Crippen LogP) is 2.68. The van der Waals surface area contributed by atoms with Crippen LogP contribution in [0, 0.1) is 13.8 Å². The SMILES string of the molecule is C=S(C)(=O)c1cccc(NC2=NCCC(Nc3onc(C)c3C)=N2)c1. The Morgan fingerprint density at radius 3 is 2.76 bits per heavy atom. The average Bonchev–Trinajstić information content (AvgIpc) is 2.87. The lowest BCUT2D eigenvalue weighted by molar-refractivity contribution is 0.430. The topological polar surface area (TPSA) is 91.9 Å². The molecule has 132 valence electrons. The van der Waals surface area contributed by atoms with E-state index in [2.05, 4.69) is 31.6 Å². The van der Waals surface area contributed by atoms with Crippen molar-refractivity contribution in [1.29, 1.82) is 0 Å². The third-order valence-corrected chi connectivity index (χ3v) is 5.11. The molecule has 7 nitrogen and oxygen atoms in total. The number of guanidine groups is 1. The summed E-state index contributed by atoms with van der Waals surface area (Å²) in [5.74, 6) is 5.56. The van der Waals surface area contributed by atoms with Crippen LogP contribution in [0.3, 0.4) is 0 Å². The van der Waals surface area contributed by atoms with E-state index in [-0.39, 0.29) is 0 Å². The van der Waals surface area contributed by atoms with Gasteiger partial charge in [-0.25, -0.2) is 0 Å². The third-order valence-electron chi connectivity index (χ3n) is 3.85. The number of nitrogens with zero attached hydrogens (tertiary/aromatic N) is 3. The van der Waals surface area contributed by atoms with E-state index in [4.69, 9.17) is 4.52 Å². The van der Waals surface area contributed by atoms with Gasteiger partial charge >= 0.3 is 0 Å². The molecule has 0 bridgehead atoms. The Bertz CT molecular complexity index is 957. The van der Waals surface area contributed by atoms with E-state index in [1.807, 2.05) is 26.0 Å². The molecule has 1 aromatic carbocycles. The Labute approximate surface area is 147 Å². The van der Waals surface area contributed by atoms with E-state index < -0.39 is 9.52 Å². The minimum absolute atomic E-state index is 0.492. The van der Waals surface area contributed by atoms with E-state index >= 15 is 0 Å². The first-order valence-corrected chi connectivity index (χ1v) is 9.98. The Hall–Kier alpha value is -2.61. The molecular weight excluding hydrogens is 338 g/mol. The van der Waals surface area contributed by atoms with Gasteiger partial charge in [0.05, 0.1) is 5.69 Å². The molecule has 1 unspecified atom stereocenters. The largest absolute Gasteiger partial charge is 0.338 e. The maximum Gasteiger partial charge on any atom is 0.233 e. The quantitative estimate of drug-likeness (QED) is 0.822. The summed E-state index contributed by atoms with van der Waals surface area (Å²) in [6.45, 7) is 4.44. The molecule has 1 aliphatic rings. The number of hydrogen-bond donors (Lipinski definition) is 2.